The van der Waals surface area contributed by atoms with Crippen LogP contribution in [-0.2, 0) is 11.2 Å². The summed E-state index contributed by atoms with van der Waals surface area (Å²) in [4.78, 5) is 28.4. The Morgan fingerprint density at radius 3 is 2.52 bits per heavy atom. The van der Waals surface area contributed by atoms with Gasteiger partial charge in [-0.2, -0.15) is 0 Å². The van der Waals surface area contributed by atoms with Crippen molar-refractivity contribution in [3.63, 3.8) is 0 Å². The van der Waals surface area contributed by atoms with Gasteiger partial charge in [0.2, 0.25) is 5.91 Å². The molecule has 0 aliphatic heterocycles. The molecule has 0 saturated heterocycles. The Bertz CT molecular complexity index is 679. The maximum absolute atomic E-state index is 12.1. The lowest BCUT2D eigenvalue weighted by Gasteiger charge is -2.14. The first-order chi connectivity index (χ1) is 11.0. The summed E-state index contributed by atoms with van der Waals surface area (Å²) < 4.78 is 0. The number of rotatable bonds is 7. The third-order valence-corrected chi connectivity index (χ3v) is 4.55. The summed E-state index contributed by atoms with van der Waals surface area (Å²) in [5.41, 5.74) is 1.20. The summed E-state index contributed by atoms with van der Waals surface area (Å²) in [5, 5.41) is 12.8. The minimum absolute atomic E-state index is 0.0213. The molecule has 0 radical (unpaired) electrons. The Morgan fingerprint density at radius 1 is 1.30 bits per heavy atom. The fourth-order valence-corrected chi connectivity index (χ4v) is 3.12. The number of aromatic carboxylic acids is 1. The Hall–Kier alpha value is -2.21. The van der Waals surface area contributed by atoms with Gasteiger partial charge in [-0.1, -0.05) is 19.1 Å². The van der Waals surface area contributed by atoms with Crippen LogP contribution in [0.3, 0.4) is 0 Å². The van der Waals surface area contributed by atoms with E-state index in [0.29, 0.717) is 12.8 Å². The number of carbonyl (C=O) groups excluding carboxylic acids is 1. The fraction of sp³-hybridized carbons (Fsp3) is 0.353. The van der Waals surface area contributed by atoms with Crippen molar-refractivity contribution in [3.05, 3.63) is 51.5 Å². The van der Waals surface area contributed by atoms with Crippen molar-refractivity contribution >= 4 is 23.2 Å². The molecule has 0 aliphatic rings. The second-order valence-corrected chi connectivity index (χ2v) is 6.61. The molecule has 0 saturated carbocycles. The van der Waals surface area contributed by atoms with Gasteiger partial charge in [-0.05, 0) is 37.5 Å². The van der Waals surface area contributed by atoms with Crippen molar-refractivity contribution < 1.29 is 14.7 Å². The highest BCUT2D eigenvalue weighted by atomic mass is 32.1. The van der Waals surface area contributed by atoms with Crippen molar-refractivity contribution in [2.75, 3.05) is 0 Å². The molecule has 1 aromatic carbocycles. The van der Waals surface area contributed by atoms with E-state index in [9.17, 15) is 9.59 Å². The Labute approximate surface area is 139 Å². The second-order valence-electron chi connectivity index (χ2n) is 5.34. The number of thiazole rings is 1. The zero-order valence-electron chi connectivity index (χ0n) is 13.2. The molecule has 2 aromatic rings. The van der Waals surface area contributed by atoms with Crippen molar-refractivity contribution in [1.29, 1.82) is 0 Å². The predicted molar refractivity (Wildman–Crippen MR) is 89.7 cm³/mol. The first-order valence-electron chi connectivity index (χ1n) is 7.53. The molecule has 1 heterocycles. The molecule has 122 valence electrons. The Kier molecular flexibility index (Phi) is 5.87. The number of hydrogen-bond donors (Lipinski definition) is 2. The topological polar surface area (TPSA) is 79.3 Å². The predicted octanol–water partition coefficient (Wildman–Crippen LogP) is 3.35. The van der Waals surface area contributed by atoms with Crippen LogP contribution in [0.15, 0.2) is 30.5 Å². The molecule has 6 heteroatoms. The Morgan fingerprint density at radius 2 is 2.00 bits per heavy atom. The average Bonchev–Trinajstić information content (AvgIpc) is 2.97. The van der Waals surface area contributed by atoms with Crippen molar-refractivity contribution in [2.45, 2.75) is 39.2 Å². The number of carbonyl (C=O) groups is 2. The summed E-state index contributed by atoms with van der Waals surface area (Å²) in [6.45, 7) is 4.02. The molecule has 2 rings (SSSR count). The van der Waals surface area contributed by atoms with Crippen LogP contribution in [0.25, 0.3) is 0 Å². The van der Waals surface area contributed by atoms with Crippen molar-refractivity contribution in [2.24, 2.45) is 0 Å². The number of nitrogens with one attached hydrogen (secondary N) is 1. The number of nitrogens with zero attached hydrogens (tertiary/aromatic N) is 1. The van der Waals surface area contributed by atoms with E-state index in [-0.39, 0.29) is 17.5 Å². The summed E-state index contributed by atoms with van der Waals surface area (Å²) in [6, 6.07) is 6.57. The summed E-state index contributed by atoms with van der Waals surface area (Å²) in [5.74, 6) is -0.967. The van der Waals surface area contributed by atoms with Crippen molar-refractivity contribution in [3.8, 4) is 0 Å². The molecular formula is C17H20N2O3S. The molecule has 0 aliphatic carbocycles. The van der Waals surface area contributed by atoms with E-state index in [1.807, 2.05) is 20.0 Å². The smallest absolute Gasteiger partial charge is 0.335 e. The van der Waals surface area contributed by atoms with Crippen LogP contribution in [0.2, 0.25) is 0 Å². The maximum atomic E-state index is 12.1. The van der Waals surface area contributed by atoms with Crippen LogP contribution in [0.5, 0.6) is 0 Å². The van der Waals surface area contributed by atoms with Crippen LogP contribution in [0, 0.1) is 6.92 Å². The molecule has 0 bridgehead atoms. The van der Waals surface area contributed by atoms with Gasteiger partial charge in [0.15, 0.2) is 0 Å². The molecule has 1 amide bonds. The SMILES string of the molecule is CCC(NC(=O)CCc1ccc(C(=O)O)cc1)c1ncc(C)s1. The van der Waals surface area contributed by atoms with Crippen molar-refractivity contribution in [1.82, 2.24) is 10.3 Å². The second kappa shape index (κ2) is 7.87. The normalized spacial score (nSPS) is 11.9. The first-order valence-corrected chi connectivity index (χ1v) is 8.35. The molecule has 1 aromatic heterocycles. The van der Waals surface area contributed by atoms with Crippen LogP contribution >= 0.6 is 11.3 Å². The number of amides is 1. The molecule has 23 heavy (non-hydrogen) atoms. The van der Waals surface area contributed by atoms with Gasteiger partial charge in [0, 0.05) is 17.5 Å². The van der Waals surface area contributed by atoms with Gasteiger partial charge in [0.25, 0.3) is 0 Å². The Balaban J connectivity index is 1.87. The summed E-state index contributed by atoms with van der Waals surface area (Å²) in [7, 11) is 0. The molecule has 0 spiro atoms. The van der Waals surface area contributed by atoms with E-state index < -0.39 is 5.97 Å². The number of aryl methyl sites for hydroxylation is 2. The molecule has 1 atom stereocenters. The lowest BCUT2D eigenvalue weighted by atomic mass is 10.1. The van der Waals surface area contributed by atoms with E-state index in [0.717, 1.165) is 21.9 Å². The van der Waals surface area contributed by atoms with Crippen LogP contribution in [0.4, 0.5) is 0 Å². The van der Waals surface area contributed by atoms with Crippen LogP contribution in [-0.4, -0.2) is 22.0 Å². The molecule has 1 unspecified atom stereocenters. The minimum Gasteiger partial charge on any atom is -0.478 e. The lowest BCUT2D eigenvalue weighted by molar-refractivity contribution is -0.121. The monoisotopic (exact) mass is 332 g/mol. The van der Waals surface area contributed by atoms with Gasteiger partial charge in [-0.3, -0.25) is 4.79 Å². The number of hydrogen-bond acceptors (Lipinski definition) is 4. The van der Waals surface area contributed by atoms with E-state index in [4.69, 9.17) is 5.11 Å². The number of carboxylic acids is 1. The van der Waals surface area contributed by atoms with E-state index in [2.05, 4.69) is 10.3 Å². The third kappa shape index (κ3) is 4.89. The highest BCUT2D eigenvalue weighted by molar-refractivity contribution is 7.11. The lowest BCUT2D eigenvalue weighted by Crippen LogP contribution is -2.28. The van der Waals surface area contributed by atoms with E-state index in [1.54, 1.807) is 35.6 Å². The van der Waals surface area contributed by atoms with Gasteiger partial charge in [0.05, 0.1) is 11.6 Å². The molecular weight excluding hydrogens is 312 g/mol. The van der Waals surface area contributed by atoms with Crippen LogP contribution in [0.1, 0.15) is 51.6 Å². The van der Waals surface area contributed by atoms with Gasteiger partial charge in [-0.15, -0.1) is 11.3 Å². The zero-order valence-corrected chi connectivity index (χ0v) is 14.0. The third-order valence-electron chi connectivity index (χ3n) is 3.52. The largest absolute Gasteiger partial charge is 0.478 e. The molecule has 5 nitrogen and oxygen atoms in total. The van der Waals surface area contributed by atoms with E-state index in [1.165, 1.54) is 0 Å². The van der Waals surface area contributed by atoms with Gasteiger partial charge in [0.1, 0.15) is 5.01 Å². The quantitative estimate of drug-likeness (QED) is 0.815. The minimum atomic E-state index is -0.946. The summed E-state index contributed by atoms with van der Waals surface area (Å²) in [6.07, 6.45) is 3.57. The van der Waals surface area contributed by atoms with Gasteiger partial charge >= 0.3 is 5.97 Å². The number of benzene rings is 1. The number of aromatic nitrogens is 1. The first kappa shape index (κ1) is 17.1. The average molecular weight is 332 g/mol. The molecule has 2 N–H and O–H groups in total. The van der Waals surface area contributed by atoms with Crippen LogP contribution < -0.4 is 5.32 Å². The molecule has 0 fully saturated rings. The highest BCUT2D eigenvalue weighted by Crippen LogP contribution is 2.22. The summed E-state index contributed by atoms with van der Waals surface area (Å²) >= 11 is 1.60. The number of carboxylic acid groups (broad SMARTS) is 1. The van der Waals surface area contributed by atoms with E-state index >= 15 is 0 Å². The zero-order chi connectivity index (χ0) is 16.8. The fourth-order valence-electron chi connectivity index (χ4n) is 2.21. The highest BCUT2D eigenvalue weighted by Gasteiger charge is 2.15. The standard InChI is InChI=1S/C17H20N2O3S/c1-3-14(16-18-10-11(2)23-16)19-15(20)9-6-12-4-7-13(8-5-12)17(21)22/h4-5,7-8,10,14H,3,6,9H2,1-2H3,(H,19,20)(H,21,22). The maximum Gasteiger partial charge on any atom is 0.335 e. The van der Waals surface area contributed by atoms with Gasteiger partial charge < -0.3 is 10.4 Å². The van der Waals surface area contributed by atoms with Gasteiger partial charge in [-0.25, -0.2) is 9.78 Å².